The molecule has 18 rings (SSSR count). The predicted octanol–water partition coefficient (Wildman–Crippen LogP) is 8.51. The van der Waals surface area contributed by atoms with Crippen LogP contribution >= 0.6 is 0 Å². The third-order valence-corrected chi connectivity index (χ3v) is 27.2. The second kappa shape index (κ2) is 35.8. The molecule has 0 bridgehead atoms. The average molecular weight is 1700 g/mol. The first-order chi connectivity index (χ1) is 58.3. The van der Waals surface area contributed by atoms with Crippen molar-refractivity contribution in [3.8, 4) is 34.3 Å². The van der Waals surface area contributed by atoms with Crippen molar-refractivity contribution in [3.63, 3.8) is 0 Å². The molecule has 0 unspecified atom stereocenters. The number of fused-ring (bicyclic) bond motifs is 3. The molecule has 656 valence electrons. The summed E-state index contributed by atoms with van der Waals surface area (Å²) in [5.41, 5.74) is -0.975. The van der Waals surface area contributed by atoms with Crippen LogP contribution in [0.4, 0.5) is 0 Å². The minimum absolute atomic E-state index is 0.123. The highest BCUT2D eigenvalue weighted by atomic mass is 32.2. The lowest BCUT2D eigenvalue weighted by Crippen LogP contribution is -2.51. The fraction of sp³-hybridized carbons (Fsp3) is 0.591. The lowest BCUT2D eigenvalue weighted by atomic mass is 9.90. The number of phenolic OH excluding ortho intramolecular Hbond substituents is 1. The summed E-state index contributed by atoms with van der Waals surface area (Å²) in [5, 5.41) is 57.3. The molecule has 9 aromatic rings. The molecule has 9 heterocycles. The van der Waals surface area contributed by atoms with Gasteiger partial charge in [0, 0.05) is 76.8 Å². The number of aliphatic hydroxyl groups is 3. The van der Waals surface area contributed by atoms with E-state index in [9.17, 15) is 57.6 Å². The molecule has 0 atom stereocenters. The summed E-state index contributed by atoms with van der Waals surface area (Å²) < 4.78 is 64.0. The van der Waals surface area contributed by atoms with Crippen LogP contribution in [0.5, 0.6) is 17.2 Å². The maximum atomic E-state index is 13.3. The summed E-state index contributed by atoms with van der Waals surface area (Å²) in [4.78, 5) is 96.5. The predicted molar refractivity (Wildman–Crippen MR) is 452 cm³/mol. The lowest BCUT2D eigenvalue weighted by molar-refractivity contribution is -0.142. The fourth-order valence-electron chi connectivity index (χ4n) is 17.6. The van der Waals surface area contributed by atoms with E-state index >= 15 is 0 Å². The van der Waals surface area contributed by atoms with Gasteiger partial charge in [0.25, 0.3) is 26.8 Å². The van der Waals surface area contributed by atoms with E-state index in [4.69, 9.17) is 27.9 Å². The zero-order chi connectivity index (χ0) is 86.1. The van der Waals surface area contributed by atoms with E-state index < -0.39 is 26.9 Å². The maximum Gasteiger partial charge on any atom is 0.264 e. The maximum absolute atomic E-state index is 13.3. The van der Waals surface area contributed by atoms with Crippen LogP contribution in [0.2, 0.25) is 0 Å². The lowest BCUT2D eigenvalue weighted by Gasteiger charge is -2.39. The van der Waals surface area contributed by atoms with Gasteiger partial charge in [-0.2, -0.15) is 23.7 Å². The van der Waals surface area contributed by atoms with Crippen LogP contribution in [0.15, 0.2) is 125 Å². The summed E-state index contributed by atoms with van der Waals surface area (Å²) >= 11 is 0. The van der Waals surface area contributed by atoms with Crippen molar-refractivity contribution >= 4 is 60.9 Å². The number of carbonyl (C=O) groups is 3. The number of amides is 3. The molecule has 3 amide bonds. The van der Waals surface area contributed by atoms with Crippen LogP contribution in [0.3, 0.4) is 0 Å². The summed E-state index contributed by atoms with van der Waals surface area (Å²) in [6, 6.07) is 21.8. The molecule has 33 nitrogen and oxygen atoms in total. The third kappa shape index (κ3) is 20.2. The number of ether oxygens (including phenoxy) is 5. The van der Waals surface area contributed by atoms with E-state index in [1.54, 1.807) is 55.0 Å². The summed E-state index contributed by atoms with van der Waals surface area (Å²) in [6.45, 7) is 9.40. The van der Waals surface area contributed by atoms with Crippen LogP contribution in [-0.2, 0) is 62.5 Å². The number of aromatic hydroxyl groups is 1. The number of piperidine rings is 3. The van der Waals surface area contributed by atoms with Crippen molar-refractivity contribution in [1.29, 1.82) is 0 Å². The van der Waals surface area contributed by atoms with Gasteiger partial charge >= 0.3 is 0 Å². The van der Waals surface area contributed by atoms with Crippen molar-refractivity contribution in [3.05, 3.63) is 141 Å². The highest BCUT2D eigenvalue weighted by molar-refractivity contribution is 7.86. The SMILES string of the molecule is CC1(C(=O)N2CCC(O)(Cn3cnc4c(cnn4-c4ccc(O)cc4)c3=O)CC2)CC1.COC1CCC(OS(C)(=O)=O)CC1.COC1CCC(Oc2ccc(-n3ncc4c(=O)n(CC5(O)CCN(C(=O)C6(C)CC6)CC5)cnc43)cc2)CC1.COC1CCC(Oc2ccc(-n3ncc4c(=O)n(CC5(O)CCN(C(=O)C6(C)CC6)CC5)cnc43)cc2)CC1. The largest absolute Gasteiger partial charge is 0.508 e. The second-order valence-corrected chi connectivity index (χ2v) is 37.7. The van der Waals surface area contributed by atoms with Crippen LogP contribution in [0.25, 0.3) is 50.2 Å². The van der Waals surface area contributed by atoms with Gasteiger partial charge in [0.15, 0.2) is 16.9 Å². The van der Waals surface area contributed by atoms with Crippen molar-refractivity contribution in [2.24, 2.45) is 16.2 Å². The number of methoxy groups -OCH3 is 3. The number of rotatable bonds is 21. The molecule has 34 heteroatoms. The molecular formula is C88H115N15O18S. The smallest absolute Gasteiger partial charge is 0.264 e. The van der Waals surface area contributed by atoms with Crippen LogP contribution < -0.4 is 26.2 Å². The van der Waals surface area contributed by atoms with Gasteiger partial charge in [-0.05, 0) is 227 Å². The van der Waals surface area contributed by atoms with E-state index in [1.807, 2.05) is 84.0 Å². The Labute approximate surface area is 708 Å². The first-order valence-electron chi connectivity index (χ1n) is 43.0. The molecule has 9 aliphatic rings. The Bertz CT molecular complexity index is 5280. The average Bonchev–Trinajstić information content (AvgIpc) is 1.74. The Hall–Kier alpha value is -9.81. The summed E-state index contributed by atoms with van der Waals surface area (Å²) in [5.74, 6) is 2.30. The number of aromatic nitrogens is 12. The molecule has 4 N–H and O–H groups in total. The standard InChI is InChI=1S/2C29H37N5O5.C22H25N5O4.C8H16O4S/c2*1-28(11-12-28)27(36)32-15-13-29(37,14-16-32)18-33-19-30-25-24(26(33)35)17-31-34(25)20-3-5-22(6-4-20)39-23-9-7-21(38-2)8-10-23;1-21(6-7-21)20(30)25-10-8-22(31,9-11-25)13-26-14-23-18-17(19(26)29)12-24-27(18)15-2-4-16(28)5-3-15;1-11-7-3-5-8(6-4-7)12-13(2,9)10/h2*3-6,17,19,21,23,37H,7-16,18H2,1-2H3;2-5,12,14,28,31H,6-11,13H2,1H3;7-8H,3-6H2,1-2H3. The van der Waals surface area contributed by atoms with Gasteiger partial charge in [0.05, 0.1) is 115 Å². The Morgan fingerprint density at radius 3 is 0.902 bits per heavy atom. The van der Waals surface area contributed by atoms with Gasteiger partial charge in [0.2, 0.25) is 17.7 Å². The highest BCUT2D eigenvalue weighted by Gasteiger charge is 2.51. The molecule has 6 saturated carbocycles. The second-order valence-electron chi connectivity index (χ2n) is 36.1. The van der Waals surface area contributed by atoms with Crippen molar-refractivity contribution in [1.82, 2.24) is 72.7 Å². The van der Waals surface area contributed by atoms with Crippen molar-refractivity contribution in [2.75, 3.05) is 66.9 Å². The number of hydrogen-bond acceptors (Lipinski definition) is 24. The number of likely N-dealkylation sites (tertiary alicyclic amines) is 3. The molecule has 3 aromatic carbocycles. The Balaban J connectivity index is 0.000000133. The third-order valence-electron chi connectivity index (χ3n) is 26.6. The molecule has 6 aliphatic carbocycles. The molecule has 0 spiro atoms. The van der Waals surface area contributed by atoms with E-state index in [-0.39, 0.29) is 100 Å². The fourth-order valence-corrected chi connectivity index (χ4v) is 18.3. The van der Waals surface area contributed by atoms with Crippen molar-refractivity contribution in [2.45, 2.75) is 248 Å². The van der Waals surface area contributed by atoms with Gasteiger partial charge in [-0.1, -0.05) is 20.8 Å². The topological polar surface area (TPSA) is 390 Å². The monoisotopic (exact) mass is 1700 g/mol. The van der Waals surface area contributed by atoms with Crippen LogP contribution in [0, 0.1) is 16.2 Å². The number of benzene rings is 3. The quantitative estimate of drug-likeness (QED) is 0.0489. The Kier molecular flexibility index (Phi) is 25.6. The van der Waals surface area contributed by atoms with E-state index in [1.165, 1.54) is 56.0 Å². The Morgan fingerprint density at radius 2 is 0.648 bits per heavy atom. The Morgan fingerprint density at radius 1 is 0.393 bits per heavy atom. The zero-order valence-corrected chi connectivity index (χ0v) is 71.6. The minimum Gasteiger partial charge on any atom is -0.508 e. The van der Waals surface area contributed by atoms with Crippen LogP contribution in [-0.4, -0.2) is 240 Å². The van der Waals surface area contributed by atoms with Gasteiger partial charge in [-0.15, -0.1) is 0 Å². The number of nitrogens with zero attached hydrogens (tertiary/aromatic N) is 15. The summed E-state index contributed by atoms with van der Waals surface area (Å²) in [7, 11) is 1.92. The van der Waals surface area contributed by atoms with Crippen LogP contribution in [0.1, 0.15) is 175 Å². The van der Waals surface area contributed by atoms with Gasteiger partial charge in [-0.25, -0.2) is 29.0 Å². The van der Waals surface area contributed by atoms with E-state index in [0.29, 0.717) is 129 Å². The first-order valence-corrected chi connectivity index (χ1v) is 44.8. The number of hydrogen-bond donors (Lipinski definition) is 4. The minimum atomic E-state index is -3.29. The number of carbonyl (C=O) groups excluding carboxylic acids is 3. The van der Waals surface area contributed by atoms with Crippen molar-refractivity contribution < 1.29 is 71.1 Å². The molecule has 122 heavy (non-hydrogen) atoms. The number of phenols is 1. The summed E-state index contributed by atoms with van der Waals surface area (Å²) in [6.07, 6.45) is 30.7. The molecule has 6 aromatic heterocycles. The van der Waals surface area contributed by atoms with Gasteiger partial charge in [-0.3, -0.25) is 46.7 Å². The first kappa shape index (κ1) is 87.1. The molecule has 3 aliphatic heterocycles. The molecule has 3 saturated heterocycles. The normalized spacial score (nSPS) is 23.5. The van der Waals surface area contributed by atoms with Gasteiger partial charge in [0.1, 0.15) is 52.4 Å². The van der Waals surface area contributed by atoms with Gasteiger partial charge < -0.3 is 58.8 Å². The zero-order valence-electron chi connectivity index (χ0n) is 70.8. The van der Waals surface area contributed by atoms with E-state index in [0.717, 1.165) is 145 Å². The molecule has 9 fully saturated rings. The van der Waals surface area contributed by atoms with E-state index in [2.05, 4.69) is 30.2 Å². The molecule has 0 radical (unpaired) electrons. The molecular weight excluding hydrogens is 1590 g/mol. The highest BCUT2D eigenvalue weighted by Crippen LogP contribution is 2.49.